The summed E-state index contributed by atoms with van der Waals surface area (Å²) in [5, 5.41) is 0. The van der Waals surface area contributed by atoms with Gasteiger partial charge in [-0.2, -0.15) is 0 Å². The van der Waals surface area contributed by atoms with Crippen molar-refractivity contribution >= 4 is 17.2 Å². The second kappa shape index (κ2) is 6.15. The van der Waals surface area contributed by atoms with Gasteiger partial charge in [-0.3, -0.25) is 0 Å². The Morgan fingerprint density at radius 1 is 1.00 bits per heavy atom. The first-order valence-corrected chi connectivity index (χ1v) is 7.55. The van der Waals surface area contributed by atoms with Crippen LogP contribution in [0.1, 0.15) is 35.1 Å². The van der Waals surface area contributed by atoms with Gasteiger partial charge in [0, 0.05) is 5.56 Å². The number of rotatable bonds is 5. The van der Waals surface area contributed by atoms with E-state index in [4.69, 9.17) is 0 Å². The summed E-state index contributed by atoms with van der Waals surface area (Å²) < 4.78 is 13.7. The number of hydrogen-bond acceptors (Lipinski definition) is 0. The smallest absolute Gasteiger partial charge is 0.130 e. The van der Waals surface area contributed by atoms with Crippen LogP contribution in [0.25, 0.3) is 17.2 Å². The average Bonchev–Trinajstić information content (AvgIpc) is 3.00. The summed E-state index contributed by atoms with van der Waals surface area (Å²) in [6.45, 7) is 8.20. The number of hydrogen-bond donors (Lipinski definition) is 0. The molecule has 2 aromatic rings. The second-order valence-corrected chi connectivity index (χ2v) is 5.71. The molecular weight excluding hydrogens is 271 g/mol. The first-order valence-electron chi connectivity index (χ1n) is 7.55. The Morgan fingerprint density at radius 3 is 2.59 bits per heavy atom. The van der Waals surface area contributed by atoms with Gasteiger partial charge in [0.25, 0.3) is 0 Å². The number of benzene rings is 2. The standard InChI is InChI=1S/C21H19F/c1-15(18-13-12-17-6-5-7-19(17)14-18)10-11-16(2)20-8-3-4-9-21(20)22/h3-5,7-9,12-14H,1-2,6,10-11H2. The maximum absolute atomic E-state index is 13.7. The molecule has 0 unspecified atom stereocenters. The highest BCUT2D eigenvalue weighted by Crippen LogP contribution is 2.28. The van der Waals surface area contributed by atoms with Gasteiger partial charge in [-0.05, 0) is 59.2 Å². The molecule has 2 aromatic carbocycles. The Balaban J connectivity index is 1.66. The third-order valence-electron chi connectivity index (χ3n) is 4.17. The van der Waals surface area contributed by atoms with Crippen molar-refractivity contribution in [2.45, 2.75) is 19.3 Å². The highest BCUT2D eigenvalue weighted by atomic mass is 19.1. The molecule has 0 aliphatic heterocycles. The molecule has 1 heteroatoms. The first kappa shape index (κ1) is 14.5. The van der Waals surface area contributed by atoms with Gasteiger partial charge in [0.15, 0.2) is 0 Å². The van der Waals surface area contributed by atoms with Crippen LogP contribution in [0.2, 0.25) is 0 Å². The molecular formula is C21H19F. The molecule has 0 fully saturated rings. The lowest BCUT2D eigenvalue weighted by Gasteiger charge is -2.10. The highest BCUT2D eigenvalue weighted by molar-refractivity contribution is 5.72. The zero-order valence-electron chi connectivity index (χ0n) is 12.6. The monoisotopic (exact) mass is 290 g/mol. The minimum absolute atomic E-state index is 0.208. The molecule has 0 bridgehead atoms. The minimum atomic E-state index is -0.208. The van der Waals surface area contributed by atoms with E-state index in [1.54, 1.807) is 12.1 Å². The Kier molecular flexibility index (Phi) is 4.06. The average molecular weight is 290 g/mol. The van der Waals surface area contributed by atoms with Crippen LogP contribution in [0.15, 0.2) is 61.7 Å². The zero-order chi connectivity index (χ0) is 15.5. The van der Waals surface area contributed by atoms with Crippen molar-refractivity contribution in [2.75, 3.05) is 0 Å². The van der Waals surface area contributed by atoms with Crippen LogP contribution in [-0.4, -0.2) is 0 Å². The third kappa shape index (κ3) is 2.94. The van der Waals surface area contributed by atoms with Crippen molar-refractivity contribution in [1.29, 1.82) is 0 Å². The van der Waals surface area contributed by atoms with E-state index in [-0.39, 0.29) is 5.82 Å². The topological polar surface area (TPSA) is 0 Å². The molecule has 0 N–H and O–H groups in total. The fraction of sp³-hybridized carbons (Fsp3) is 0.143. The van der Waals surface area contributed by atoms with Crippen LogP contribution >= 0.6 is 0 Å². The third-order valence-corrected chi connectivity index (χ3v) is 4.17. The van der Waals surface area contributed by atoms with Crippen molar-refractivity contribution in [3.63, 3.8) is 0 Å². The Bertz CT molecular complexity index is 765. The lowest BCUT2D eigenvalue weighted by molar-refractivity contribution is 0.623. The number of fused-ring (bicyclic) bond motifs is 1. The molecule has 0 spiro atoms. The largest absolute Gasteiger partial charge is 0.206 e. The summed E-state index contributed by atoms with van der Waals surface area (Å²) in [5.41, 5.74) is 6.30. The van der Waals surface area contributed by atoms with Gasteiger partial charge in [-0.25, -0.2) is 4.39 Å². The first-order chi connectivity index (χ1) is 10.6. The molecule has 3 rings (SSSR count). The van der Waals surface area contributed by atoms with Crippen molar-refractivity contribution in [3.05, 3.63) is 89.8 Å². The van der Waals surface area contributed by atoms with E-state index in [9.17, 15) is 4.39 Å². The maximum Gasteiger partial charge on any atom is 0.130 e. The fourth-order valence-electron chi connectivity index (χ4n) is 2.80. The minimum Gasteiger partial charge on any atom is -0.206 e. The predicted octanol–water partition coefficient (Wildman–Crippen LogP) is 5.90. The number of allylic oxidation sites excluding steroid dienone is 3. The molecule has 0 amide bonds. The van der Waals surface area contributed by atoms with Gasteiger partial charge in [-0.1, -0.05) is 55.6 Å². The molecule has 110 valence electrons. The van der Waals surface area contributed by atoms with Crippen LogP contribution in [0.5, 0.6) is 0 Å². The maximum atomic E-state index is 13.7. The molecule has 0 saturated carbocycles. The quantitative estimate of drug-likeness (QED) is 0.643. The summed E-state index contributed by atoms with van der Waals surface area (Å²) in [4.78, 5) is 0. The van der Waals surface area contributed by atoms with E-state index in [0.29, 0.717) is 12.0 Å². The summed E-state index contributed by atoms with van der Waals surface area (Å²) in [5.74, 6) is -0.208. The van der Waals surface area contributed by atoms with Crippen molar-refractivity contribution < 1.29 is 4.39 Å². The molecule has 0 nitrogen and oxygen atoms in total. The van der Waals surface area contributed by atoms with Gasteiger partial charge < -0.3 is 0 Å². The van der Waals surface area contributed by atoms with Gasteiger partial charge in [0.1, 0.15) is 5.82 Å². The Labute approximate surface area is 131 Å². The summed E-state index contributed by atoms with van der Waals surface area (Å²) >= 11 is 0. The molecule has 0 radical (unpaired) electrons. The molecule has 0 saturated heterocycles. The van der Waals surface area contributed by atoms with Crippen LogP contribution in [0.4, 0.5) is 4.39 Å². The van der Waals surface area contributed by atoms with E-state index in [1.807, 2.05) is 6.07 Å². The van der Waals surface area contributed by atoms with E-state index < -0.39 is 0 Å². The predicted molar refractivity (Wildman–Crippen MR) is 92.9 cm³/mol. The summed E-state index contributed by atoms with van der Waals surface area (Å²) in [6, 6.07) is 13.3. The normalized spacial score (nSPS) is 12.2. The van der Waals surface area contributed by atoms with E-state index in [1.165, 1.54) is 17.2 Å². The van der Waals surface area contributed by atoms with Crippen LogP contribution < -0.4 is 0 Å². The van der Waals surface area contributed by atoms with Crippen LogP contribution in [0, 0.1) is 5.82 Å². The van der Waals surface area contributed by atoms with E-state index >= 15 is 0 Å². The highest BCUT2D eigenvalue weighted by Gasteiger charge is 2.09. The lowest BCUT2D eigenvalue weighted by Crippen LogP contribution is -1.91. The van der Waals surface area contributed by atoms with Gasteiger partial charge in [0.05, 0.1) is 0 Å². The lowest BCUT2D eigenvalue weighted by atomic mass is 9.95. The van der Waals surface area contributed by atoms with Crippen molar-refractivity contribution in [2.24, 2.45) is 0 Å². The van der Waals surface area contributed by atoms with E-state index in [2.05, 4.69) is 43.5 Å². The van der Waals surface area contributed by atoms with Gasteiger partial charge >= 0.3 is 0 Å². The van der Waals surface area contributed by atoms with Gasteiger partial charge in [0.2, 0.25) is 0 Å². The zero-order valence-corrected chi connectivity index (χ0v) is 12.6. The fourth-order valence-corrected chi connectivity index (χ4v) is 2.80. The van der Waals surface area contributed by atoms with Crippen molar-refractivity contribution in [1.82, 2.24) is 0 Å². The molecule has 1 aliphatic carbocycles. The summed E-state index contributed by atoms with van der Waals surface area (Å²) in [6.07, 6.45) is 6.86. The van der Waals surface area contributed by atoms with Crippen LogP contribution in [0.3, 0.4) is 0 Å². The number of halogens is 1. The molecule has 22 heavy (non-hydrogen) atoms. The molecule has 1 aliphatic rings. The Morgan fingerprint density at radius 2 is 1.77 bits per heavy atom. The Hall–Kier alpha value is -2.41. The second-order valence-electron chi connectivity index (χ2n) is 5.71. The van der Waals surface area contributed by atoms with Gasteiger partial charge in [-0.15, -0.1) is 0 Å². The van der Waals surface area contributed by atoms with Crippen LogP contribution in [-0.2, 0) is 6.42 Å². The SMILES string of the molecule is C=C(CCC(=C)c1ccccc1F)c1ccc2c(c1)C=CC2. The molecule has 0 heterocycles. The van der Waals surface area contributed by atoms with E-state index in [0.717, 1.165) is 29.6 Å². The van der Waals surface area contributed by atoms with Crippen molar-refractivity contribution in [3.8, 4) is 0 Å². The summed E-state index contributed by atoms with van der Waals surface area (Å²) in [7, 11) is 0. The molecule has 0 atom stereocenters. The molecule has 0 aromatic heterocycles.